The molecule has 5 nitrogen and oxygen atoms in total. The lowest BCUT2D eigenvalue weighted by Crippen LogP contribution is -2.23. The Bertz CT molecular complexity index is 821. The fourth-order valence-electron chi connectivity index (χ4n) is 2.36. The van der Waals surface area contributed by atoms with Gasteiger partial charge in [0.2, 0.25) is 10.0 Å². The van der Waals surface area contributed by atoms with Crippen LogP contribution in [0.5, 0.6) is 5.75 Å². The molecule has 0 heterocycles. The molecular formula is C18H23FN2O3S. The Labute approximate surface area is 148 Å². The van der Waals surface area contributed by atoms with E-state index in [-0.39, 0.29) is 16.8 Å². The molecule has 25 heavy (non-hydrogen) atoms. The highest BCUT2D eigenvalue weighted by Crippen LogP contribution is 2.30. The highest BCUT2D eigenvalue weighted by atomic mass is 32.2. The second kappa shape index (κ2) is 7.84. The quantitative estimate of drug-likeness (QED) is 0.813. The summed E-state index contributed by atoms with van der Waals surface area (Å²) in [4.78, 5) is 0.107. The van der Waals surface area contributed by atoms with Crippen molar-refractivity contribution in [3.8, 4) is 5.75 Å². The monoisotopic (exact) mass is 366 g/mol. The van der Waals surface area contributed by atoms with Crippen LogP contribution in [0, 0.1) is 5.82 Å². The van der Waals surface area contributed by atoms with E-state index in [2.05, 4.69) is 5.32 Å². The lowest BCUT2D eigenvalue weighted by molar-refractivity contribution is 0.330. The largest absolute Gasteiger partial charge is 0.492 e. The number of benzene rings is 2. The first kappa shape index (κ1) is 19.2. The first-order valence-electron chi connectivity index (χ1n) is 7.97. The van der Waals surface area contributed by atoms with E-state index in [1.807, 2.05) is 6.92 Å². The third-order valence-corrected chi connectivity index (χ3v) is 5.59. The molecule has 2 rings (SSSR count). The predicted octanol–water partition coefficient (Wildman–Crippen LogP) is 3.65. The van der Waals surface area contributed by atoms with Gasteiger partial charge in [-0.15, -0.1) is 0 Å². The van der Waals surface area contributed by atoms with Crippen LogP contribution in [0.3, 0.4) is 0 Å². The summed E-state index contributed by atoms with van der Waals surface area (Å²) in [6, 6.07) is 11.0. The molecule has 0 aromatic heterocycles. The van der Waals surface area contributed by atoms with Crippen molar-refractivity contribution >= 4 is 15.7 Å². The molecule has 2 aromatic carbocycles. The zero-order valence-electron chi connectivity index (χ0n) is 14.8. The van der Waals surface area contributed by atoms with E-state index in [0.29, 0.717) is 18.0 Å². The van der Waals surface area contributed by atoms with Gasteiger partial charge in [-0.1, -0.05) is 12.1 Å². The average Bonchev–Trinajstić information content (AvgIpc) is 2.56. The summed E-state index contributed by atoms with van der Waals surface area (Å²) in [7, 11) is -0.683. The molecule has 0 bridgehead atoms. The summed E-state index contributed by atoms with van der Waals surface area (Å²) in [6.45, 7) is 4.09. The van der Waals surface area contributed by atoms with Crippen LogP contribution >= 0.6 is 0 Å². The van der Waals surface area contributed by atoms with Crippen molar-refractivity contribution in [2.75, 3.05) is 26.0 Å². The summed E-state index contributed by atoms with van der Waals surface area (Å²) in [5.74, 6) is 0.0209. The number of sulfonamides is 1. The number of nitrogens with zero attached hydrogens (tertiary/aromatic N) is 1. The summed E-state index contributed by atoms with van der Waals surface area (Å²) in [5, 5.41) is 3.24. The SMILES string of the molecule is CCOc1ccc(N[C@@H](C)c2ccc(F)cc2)cc1S(=O)(=O)N(C)C. The number of hydrogen-bond acceptors (Lipinski definition) is 4. The molecular weight excluding hydrogens is 343 g/mol. The standard InChI is InChI=1S/C18H23FN2O3S/c1-5-24-17-11-10-16(12-18(17)25(22,23)21(3)4)20-13(2)14-6-8-15(19)9-7-14/h6-13,20H,5H2,1-4H3/t13-/m0/s1. The van der Waals surface area contributed by atoms with Crippen LogP contribution < -0.4 is 10.1 Å². The van der Waals surface area contributed by atoms with Gasteiger partial charge in [0, 0.05) is 25.8 Å². The van der Waals surface area contributed by atoms with Crippen molar-refractivity contribution in [3.63, 3.8) is 0 Å². The van der Waals surface area contributed by atoms with Crippen molar-refractivity contribution in [2.24, 2.45) is 0 Å². The van der Waals surface area contributed by atoms with Crippen molar-refractivity contribution in [1.29, 1.82) is 0 Å². The van der Waals surface area contributed by atoms with Crippen LogP contribution in [0.1, 0.15) is 25.5 Å². The molecule has 1 N–H and O–H groups in total. The number of rotatable bonds is 7. The highest BCUT2D eigenvalue weighted by Gasteiger charge is 2.23. The molecule has 2 aromatic rings. The summed E-state index contributed by atoms with van der Waals surface area (Å²) in [5.41, 5.74) is 1.54. The minimum absolute atomic E-state index is 0.107. The first-order valence-corrected chi connectivity index (χ1v) is 9.41. The molecule has 0 saturated heterocycles. The summed E-state index contributed by atoms with van der Waals surface area (Å²) in [6.07, 6.45) is 0. The van der Waals surface area contributed by atoms with E-state index >= 15 is 0 Å². The maximum absolute atomic E-state index is 13.0. The lowest BCUT2D eigenvalue weighted by Gasteiger charge is -2.19. The minimum Gasteiger partial charge on any atom is -0.492 e. The predicted molar refractivity (Wildman–Crippen MR) is 96.9 cm³/mol. The molecule has 136 valence electrons. The van der Waals surface area contributed by atoms with Gasteiger partial charge in [0.25, 0.3) is 0 Å². The van der Waals surface area contributed by atoms with Crippen molar-refractivity contribution in [1.82, 2.24) is 4.31 Å². The molecule has 0 amide bonds. The smallest absolute Gasteiger partial charge is 0.246 e. The van der Waals surface area contributed by atoms with Gasteiger partial charge < -0.3 is 10.1 Å². The number of anilines is 1. The third-order valence-electron chi connectivity index (χ3n) is 3.76. The van der Waals surface area contributed by atoms with Crippen LogP contribution in [0.15, 0.2) is 47.4 Å². The molecule has 0 aliphatic carbocycles. The Kier molecular flexibility index (Phi) is 6.02. The van der Waals surface area contributed by atoms with E-state index < -0.39 is 10.0 Å². The van der Waals surface area contributed by atoms with Gasteiger partial charge >= 0.3 is 0 Å². The maximum atomic E-state index is 13.0. The Hall–Kier alpha value is -2.12. The second-order valence-corrected chi connectivity index (χ2v) is 7.92. The molecule has 0 radical (unpaired) electrons. The zero-order chi connectivity index (χ0) is 18.6. The Morgan fingerprint density at radius 3 is 2.36 bits per heavy atom. The van der Waals surface area contributed by atoms with Gasteiger partial charge in [-0.25, -0.2) is 17.1 Å². The number of nitrogens with one attached hydrogen (secondary N) is 1. The van der Waals surface area contributed by atoms with Crippen molar-refractivity contribution < 1.29 is 17.5 Å². The molecule has 0 aliphatic heterocycles. The number of ether oxygens (including phenoxy) is 1. The molecule has 0 saturated carbocycles. The maximum Gasteiger partial charge on any atom is 0.246 e. The topological polar surface area (TPSA) is 58.6 Å². The van der Waals surface area contributed by atoms with Crippen molar-refractivity contribution in [2.45, 2.75) is 24.8 Å². The van der Waals surface area contributed by atoms with Gasteiger partial charge in [-0.3, -0.25) is 0 Å². The fourth-order valence-corrected chi connectivity index (χ4v) is 3.41. The second-order valence-electron chi connectivity index (χ2n) is 5.80. The van der Waals surface area contributed by atoms with Gasteiger partial charge in [0.1, 0.15) is 16.5 Å². The van der Waals surface area contributed by atoms with Gasteiger partial charge in [-0.2, -0.15) is 0 Å². The minimum atomic E-state index is -3.64. The molecule has 0 spiro atoms. The Balaban J connectivity index is 2.34. The third kappa shape index (κ3) is 4.49. The van der Waals surface area contributed by atoms with Gasteiger partial charge in [0.15, 0.2) is 0 Å². The summed E-state index contributed by atoms with van der Waals surface area (Å²) < 4.78 is 44.8. The Morgan fingerprint density at radius 1 is 1.16 bits per heavy atom. The molecule has 0 unspecified atom stereocenters. The van der Waals surface area contributed by atoms with Crippen molar-refractivity contribution in [3.05, 3.63) is 53.8 Å². The lowest BCUT2D eigenvalue weighted by atomic mass is 10.1. The molecule has 0 fully saturated rings. The molecule has 1 atom stereocenters. The number of halogens is 1. The van der Waals surface area contributed by atoms with Crippen LogP contribution in [-0.2, 0) is 10.0 Å². The molecule has 0 aliphatic rings. The van der Waals surface area contributed by atoms with E-state index in [4.69, 9.17) is 4.74 Å². The van der Waals surface area contributed by atoms with Crippen LogP contribution in [-0.4, -0.2) is 33.4 Å². The van der Waals surface area contributed by atoms with Gasteiger partial charge in [-0.05, 0) is 49.7 Å². The highest BCUT2D eigenvalue weighted by molar-refractivity contribution is 7.89. The fraction of sp³-hybridized carbons (Fsp3) is 0.333. The van der Waals surface area contributed by atoms with E-state index in [1.165, 1.54) is 26.2 Å². The van der Waals surface area contributed by atoms with E-state index in [0.717, 1.165) is 9.87 Å². The van der Waals surface area contributed by atoms with Crippen LogP contribution in [0.2, 0.25) is 0 Å². The summed E-state index contributed by atoms with van der Waals surface area (Å²) >= 11 is 0. The molecule has 7 heteroatoms. The van der Waals surface area contributed by atoms with E-state index in [1.54, 1.807) is 37.3 Å². The Morgan fingerprint density at radius 2 is 1.80 bits per heavy atom. The van der Waals surface area contributed by atoms with E-state index in [9.17, 15) is 12.8 Å². The van der Waals surface area contributed by atoms with Crippen LogP contribution in [0.4, 0.5) is 10.1 Å². The van der Waals surface area contributed by atoms with Gasteiger partial charge in [0.05, 0.1) is 6.61 Å². The van der Waals surface area contributed by atoms with Crippen LogP contribution in [0.25, 0.3) is 0 Å². The zero-order valence-corrected chi connectivity index (χ0v) is 15.6. The first-order chi connectivity index (χ1) is 11.8. The normalized spacial score (nSPS) is 12.9. The number of hydrogen-bond donors (Lipinski definition) is 1. The average molecular weight is 366 g/mol.